The topological polar surface area (TPSA) is 54.2 Å². The number of rotatable bonds is 4. The second-order valence-corrected chi connectivity index (χ2v) is 4.18. The minimum atomic E-state index is 0.473. The molecule has 0 saturated heterocycles. The van der Waals surface area contributed by atoms with E-state index in [1.807, 2.05) is 38.4 Å². The van der Waals surface area contributed by atoms with Gasteiger partial charge < -0.3 is 14.7 Å². The van der Waals surface area contributed by atoms with Crippen LogP contribution >= 0.6 is 11.6 Å². The zero-order valence-corrected chi connectivity index (χ0v) is 10.4. The van der Waals surface area contributed by atoms with Gasteiger partial charge in [-0.15, -0.1) is 0 Å². The maximum atomic E-state index is 5.87. The second kappa shape index (κ2) is 5.05. The van der Waals surface area contributed by atoms with E-state index in [-0.39, 0.29) is 0 Å². The molecule has 5 nitrogen and oxygen atoms in total. The van der Waals surface area contributed by atoms with Crippen LogP contribution in [0.25, 0.3) is 0 Å². The summed E-state index contributed by atoms with van der Waals surface area (Å²) >= 11 is 5.87. The third kappa shape index (κ3) is 3.10. The molecular formula is C11H13ClN4O. The predicted molar refractivity (Wildman–Crippen MR) is 67.4 cm³/mol. The van der Waals surface area contributed by atoms with Crippen LogP contribution in [0.5, 0.6) is 0 Å². The van der Waals surface area contributed by atoms with Gasteiger partial charge in [0.05, 0.1) is 6.54 Å². The summed E-state index contributed by atoms with van der Waals surface area (Å²) in [5, 5.41) is 7.66. The normalized spacial score (nSPS) is 10.3. The lowest BCUT2D eigenvalue weighted by atomic mass is 10.3. The summed E-state index contributed by atoms with van der Waals surface area (Å²) in [5.74, 6) is 1.10. The van der Waals surface area contributed by atoms with Crippen LogP contribution in [0.1, 0.15) is 5.89 Å². The molecule has 0 fully saturated rings. The maximum absolute atomic E-state index is 5.87. The molecular weight excluding hydrogens is 240 g/mol. The first-order valence-electron chi connectivity index (χ1n) is 5.14. The molecule has 0 radical (unpaired) electrons. The van der Waals surface area contributed by atoms with Crippen molar-refractivity contribution in [2.45, 2.75) is 6.54 Å². The standard InChI is InChI=1S/C11H13ClN4O/c1-16(2)11-14-10(17-15-11)7-13-9-5-3-4-8(12)6-9/h3-6,13H,7H2,1-2H3. The Morgan fingerprint density at radius 3 is 2.88 bits per heavy atom. The molecule has 0 atom stereocenters. The molecule has 0 aliphatic carbocycles. The van der Waals surface area contributed by atoms with Crippen LogP contribution in [0.15, 0.2) is 28.8 Å². The van der Waals surface area contributed by atoms with Crippen molar-refractivity contribution in [3.63, 3.8) is 0 Å². The van der Waals surface area contributed by atoms with E-state index in [4.69, 9.17) is 16.1 Å². The van der Waals surface area contributed by atoms with Crippen molar-refractivity contribution in [3.05, 3.63) is 35.2 Å². The maximum Gasteiger partial charge on any atom is 0.265 e. The van der Waals surface area contributed by atoms with Gasteiger partial charge in [0.1, 0.15) is 0 Å². The van der Waals surface area contributed by atoms with Gasteiger partial charge in [0.2, 0.25) is 5.89 Å². The number of hydrogen-bond donors (Lipinski definition) is 1. The van der Waals surface area contributed by atoms with Crippen LogP contribution in [0.3, 0.4) is 0 Å². The average Bonchev–Trinajstić information content (AvgIpc) is 2.75. The van der Waals surface area contributed by atoms with Crippen molar-refractivity contribution in [2.24, 2.45) is 0 Å². The Hall–Kier alpha value is -1.75. The molecule has 1 aromatic heterocycles. The van der Waals surface area contributed by atoms with Gasteiger partial charge in [-0.2, -0.15) is 4.98 Å². The van der Waals surface area contributed by atoms with E-state index in [1.165, 1.54) is 0 Å². The van der Waals surface area contributed by atoms with Crippen LogP contribution in [0.4, 0.5) is 11.6 Å². The zero-order chi connectivity index (χ0) is 12.3. The Balaban J connectivity index is 1.97. The minimum Gasteiger partial charge on any atom is -0.376 e. The highest BCUT2D eigenvalue weighted by molar-refractivity contribution is 6.30. The van der Waals surface area contributed by atoms with Crippen LogP contribution in [-0.2, 0) is 6.54 Å². The van der Waals surface area contributed by atoms with Gasteiger partial charge in [0, 0.05) is 24.8 Å². The predicted octanol–water partition coefficient (Wildman–Crippen LogP) is 2.40. The number of hydrogen-bond acceptors (Lipinski definition) is 5. The molecule has 6 heteroatoms. The molecule has 90 valence electrons. The van der Waals surface area contributed by atoms with Gasteiger partial charge in [-0.05, 0) is 23.4 Å². The zero-order valence-electron chi connectivity index (χ0n) is 9.64. The first-order chi connectivity index (χ1) is 8.15. The third-order valence-electron chi connectivity index (χ3n) is 2.13. The Morgan fingerprint density at radius 2 is 2.24 bits per heavy atom. The second-order valence-electron chi connectivity index (χ2n) is 3.75. The van der Waals surface area contributed by atoms with Crippen molar-refractivity contribution in [1.82, 2.24) is 10.1 Å². The van der Waals surface area contributed by atoms with Gasteiger partial charge in [-0.1, -0.05) is 17.7 Å². The summed E-state index contributed by atoms with van der Waals surface area (Å²) in [6.45, 7) is 0.473. The van der Waals surface area contributed by atoms with Crippen molar-refractivity contribution in [1.29, 1.82) is 0 Å². The smallest absolute Gasteiger partial charge is 0.265 e. The summed E-state index contributed by atoms with van der Waals surface area (Å²) < 4.78 is 5.08. The molecule has 1 aromatic carbocycles. The molecule has 0 aliphatic heterocycles. The van der Waals surface area contributed by atoms with Gasteiger partial charge in [-0.3, -0.25) is 0 Å². The van der Waals surface area contributed by atoms with Crippen molar-refractivity contribution in [3.8, 4) is 0 Å². The highest BCUT2D eigenvalue weighted by Crippen LogP contribution is 2.15. The summed E-state index contributed by atoms with van der Waals surface area (Å²) in [6.07, 6.45) is 0. The lowest BCUT2D eigenvalue weighted by Crippen LogP contribution is -2.10. The Morgan fingerprint density at radius 1 is 1.41 bits per heavy atom. The first kappa shape index (κ1) is 11.7. The fourth-order valence-electron chi connectivity index (χ4n) is 1.28. The molecule has 1 heterocycles. The lowest BCUT2D eigenvalue weighted by molar-refractivity contribution is 0.383. The first-order valence-corrected chi connectivity index (χ1v) is 5.52. The quantitative estimate of drug-likeness (QED) is 0.906. The number of nitrogens with one attached hydrogen (secondary N) is 1. The molecule has 1 N–H and O–H groups in total. The molecule has 0 bridgehead atoms. The van der Waals surface area contributed by atoms with Crippen LogP contribution in [0.2, 0.25) is 5.02 Å². The van der Waals surface area contributed by atoms with Crippen molar-refractivity contribution in [2.75, 3.05) is 24.3 Å². The van der Waals surface area contributed by atoms with E-state index in [0.29, 0.717) is 23.4 Å². The molecule has 2 rings (SSSR count). The van der Waals surface area contributed by atoms with Crippen molar-refractivity contribution < 1.29 is 4.52 Å². The lowest BCUT2D eigenvalue weighted by Gasteiger charge is -2.03. The van der Waals surface area contributed by atoms with Gasteiger partial charge >= 0.3 is 0 Å². The Labute approximate surface area is 104 Å². The number of nitrogens with zero attached hydrogens (tertiary/aromatic N) is 3. The highest BCUT2D eigenvalue weighted by Gasteiger charge is 2.06. The van der Waals surface area contributed by atoms with E-state index in [0.717, 1.165) is 5.69 Å². The van der Waals surface area contributed by atoms with E-state index >= 15 is 0 Å². The van der Waals surface area contributed by atoms with E-state index in [9.17, 15) is 0 Å². The molecule has 0 aliphatic rings. The van der Waals surface area contributed by atoms with Crippen LogP contribution < -0.4 is 10.2 Å². The minimum absolute atomic E-state index is 0.473. The molecule has 0 saturated carbocycles. The fraction of sp³-hybridized carbons (Fsp3) is 0.273. The number of aromatic nitrogens is 2. The molecule has 2 aromatic rings. The van der Waals surface area contributed by atoms with Crippen LogP contribution in [0, 0.1) is 0 Å². The molecule has 0 amide bonds. The van der Waals surface area contributed by atoms with Gasteiger partial charge in [0.25, 0.3) is 5.95 Å². The van der Waals surface area contributed by atoms with Gasteiger partial charge in [-0.25, -0.2) is 0 Å². The molecule has 0 spiro atoms. The fourth-order valence-corrected chi connectivity index (χ4v) is 1.47. The van der Waals surface area contributed by atoms with E-state index < -0.39 is 0 Å². The Bertz CT molecular complexity index is 498. The van der Waals surface area contributed by atoms with Gasteiger partial charge in [0.15, 0.2) is 0 Å². The largest absolute Gasteiger partial charge is 0.376 e. The Kier molecular flexibility index (Phi) is 3.49. The highest BCUT2D eigenvalue weighted by atomic mass is 35.5. The van der Waals surface area contributed by atoms with E-state index in [1.54, 1.807) is 4.90 Å². The number of halogens is 1. The molecule has 17 heavy (non-hydrogen) atoms. The summed E-state index contributed by atoms with van der Waals surface area (Å²) in [7, 11) is 3.72. The summed E-state index contributed by atoms with van der Waals surface area (Å²) in [6, 6.07) is 7.47. The number of anilines is 2. The van der Waals surface area contributed by atoms with Crippen molar-refractivity contribution >= 4 is 23.2 Å². The molecule has 0 unspecified atom stereocenters. The SMILES string of the molecule is CN(C)c1noc(CNc2cccc(Cl)c2)n1. The van der Waals surface area contributed by atoms with Crippen LogP contribution in [-0.4, -0.2) is 24.2 Å². The average molecular weight is 253 g/mol. The van der Waals surface area contributed by atoms with E-state index in [2.05, 4.69) is 15.5 Å². The summed E-state index contributed by atoms with van der Waals surface area (Å²) in [5.41, 5.74) is 0.919. The number of benzene rings is 1. The summed E-state index contributed by atoms with van der Waals surface area (Å²) in [4.78, 5) is 5.98. The monoisotopic (exact) mass is 252 g/mol. The third-order valence-corrected chi connectivity index (χ3v) is 2.36.